The van der Waals surface area contributed by atoms with Gasteiger partial charge in [-0.1, -0.05) is 55.4 Å². The molecule has 0 aromatic rings. The lowest BCUT2D eigenvalue weighted by atomic mass is 9.99. The molecule has 0 aliphatic heterocycles. The second-order valence-corrected chi connectivity index (χ2v) is 16.7. The van der Waals surface area contributed by atoms with E-state index in [1.165, 1.54) is 25.6 Å². The predicted molar refractivity (Wildman–Crippen MR) is 214 cm³/mol. The van der Waals surface area contributed by atoms with Gasteiger partial charge in [-0.2, -0.15) is 11.8 Å². The van der Waals surface area contributed by atoms with E-state index in [0.717, 1.165) is 0 Å². The quantitative estimate of drug-likeness (QED) is 0.0523. The topological polar surface area (TPSA) is 287 Å². The van der Waals surface area contributed by atoms with Crippen LogP contribution in [0.15, 0.2) is 0 Å². The van der Waals surface area contributed by atoms with Crippen molar-refractivity contribution in [1.82, 2.24) is 37.2 Å². The van der Waals surface area contributed by atoms with Gasteiger partial charge >= 0.3 is 5.97 Å². The number of nitrogens with one attached hydrogen (secondary N) is 7. The molecule has 0 bridgehead atoms. The number of amides is 7. The van der Waals surface area contributed by atoms with Crippen molar-refractivity contribution in [3.8, 4) is 0 Å². The first-order valence-corrected chi connectivity index (χ1v) is 20.6. The average Bonchev–Trinajstić information content (AvgIpc) is 3.08. The van der Waals surface area contributed by atoms with Crippen molar-refractivity contribution in [2.24, 2.45) is 29.4 Å². The zero-order chi connectivity index (χ0) is 43.4. The number of aliphatic carboxylic acids is 1. The Balaban J connectivity index is 5.98. The molecule has 322 valence electrons. The number of carboxylic acids is 1. The van der Waals surface area contributed by atoms with Gasteiger partial charge in [0.2, 0.25) is 41.4 Å². The second-order valence-electron chi connectivity index (χ2n) is 15.7. The molecule has 7 amide bonds. The molecule has 0 aliphatic carbocycles. The normalized spacial score (nSPS) is 15.7. The third-order valence-electron chi connectivity index (χ3n) is 8.51. The lowest BCUT2D eigenvalue weighted by molar-refractivity contribution is -0.142. The first-order valence-electron chi connectivity index (χ1n) is 19.2. The molecule has 0 fully saturated rings. The highest BCUT2D eigenvalue weighted by molar-refractivity contribution is 7.98. The van der Waals surface area contributed by atoms with E-state index in [1.54, 1.807) is 13.8 Å². The van der Waals surface area contributed by atoms with E-state index >= 15 is 0 Å². The lowest BCUT2D eigenvalue weighted by Gasteiger charge is -2.29. The van der Waals surface area contributed by atoms with E-state index in [9.17, 15) is 48.6 Å². The number of hydrogen-bond acceptors (Lipinski definition) is 11. The van der Waals surface area contributed by atoms with E-state index < -0.39 is 102 Å². The maximum absolute atomic E-state index is 13.7. The van der Waals surface area contributed by atoms with E-state index in [-0.39, 0.29) is 50.0 Å². The molecule has 0 saturated heterocycles. The van der Waals surface area contributed by atoms with Gasteiger partial charge < -0.3 is 53.2 Å². The monoisotopic (exact) mass is 816 g/mol. The van der Waals surface area contributed by atoms with E-state index in [4.69, 9.17) is 5.73 Å². The number of rotatable bonds is 26. The Morgan fingerprint density at radius 3 is 1.38 bits per heavy atom. The van der Waals surface area contributed by atoms with Crippen LogP contribution in [0.25, 0.3) is 0 Å². The number of thioether (sulfide) groups is 1. The minimum Gasteiger partial charge on any atom is -0.480 e. The Bertz CT molecular complexity index is 1330. The Hall–Kier alpha value is -3.97. The number of nitrogens with two attached hydrogens (primary N) is 1. The van der Waals surface area contributed by atoms with Gasteiger partial charge in [0.1, 0.15) is 42.3 Å². The van der Waals surface area contributed by atoms with Crippen LogP contribution in [0.3, 0.4) is 0 Å². The molecule has 0 radical (unpaired) electrons. The fourth-order valence-corrected chi connectivity index (χ4v) is 5.98. The van der Waals surface area contributed by atoms with Gasteiger partial charge in [-0.25, -0.2) is 4.79 Å². The number of carbonyl (C=O) groups excluding carboxylic acids is 7. The van der Waals surface area contributed by atoms with Gasteiger partial charge in [-0.15, -0.1) is 0 Å². The largest absolute Gasteiger partial charge is 0.480 e. The van der Waals surface area contributed by atoms with Crippen LogP contribution < -0.4 is 43.0 Å². The fourth-order valence-electron chi connectivity index (χ4n) is 5.50. The van der Waals surface area contributed by atoms with Crippen molar-refractivity contribution in [3.63, 3.8) is 0 Å². The second kappa shape index (κ2) is 26.0. The van der Waals surface area contributed by atoms with Gasteiger partial charge in [0.05, 0.1) is 12.6 Å². The number of hydrogen-bond donors (Lipinski definition) is 10. The molecular weight excluding hydrogens is 749 g/mol. The average molecular weight is 817 g/mol. The highest BCUT2D eigenvalue weighted by Gasteiger charge is 2.35. The fraction of sp³-hybridized carbons (Fsp3) is 0.784. The van der Waals surface area contributed by atoms with Crippen LogP contribution in [0.1, 0.15) is 94.9 Å². The minimum absolute atomic E-state index is 0.0167. The van der Waals surface area contributed by atoms with Crippen LogP contribution in [0, 0.1) is 23.7 Å². The molecule has 18 nitrogen and oxygen atoms in total. The number of carbonyl (C=O) groups is 8. The molecule has 0 aromatic carbocycles. The zero-order valence-corrected chi connectivity index (χ0v) is 35.6. The van der Waals surface area contributed by atoms with Crippen molar-refractivity contribution >= 4 is 59.1 Å². The third kappa shape index (κ3) is 19.8. The Morgan fingerprint density at radius 2 is 0.946 bits per heavy atom. The lowest BCUT2D eigenvalue weighted by Crippen LogP contribution is -2.62. The first-order chi connectivity index (χ1) is 25.9. The van der Waals surface area contributed by atoms with Crippen molar-refractivity contribution in [3.05, 3.63) is 0 Å². The number of aliphatic hydroxyl groups excluding tert-OH is 1. The first kappa shape index (κ1) is 52.0. The highest BCUT2D eigenvalue weighted by atomic mass is 32.2. The van der Waals surface area contributed by atoms with Gasteiger partial charge in [0.25, 0.3) is 0 Å². The molecule has 11 N–H and O–H groups in total. The molecule has 8 atom stereocenters. The summed E-state index contributed by atoms with van der Waals surface area (Å²) in [7, 11) is 0. The minimum atomic E-state index is -1.51. The van der Waals surface area contributed by atoms with E-state index in [0.29, 0.717) is 5.75 Å². The summed E-state index contributed by atoms with van der Waals surface area (Å²) in [6.07, 6.45) is 1.14. The summed E-state index contributed by atoms with van der Waals surface area (Å²) in [6.45, 7) is 16.6. The summed E-state index contributed by atoms with van der Waals surface area (Å²) in [4.78, 5) is 104. The van der Waals surface area contributed by atoms with Gasteiger partial charge in [0, 0.05) is 0 Å². The number of aliphatic hydroxyl groups is 1. The van der Waals surface area contributed by atoms with Crippen molar-refractivity contribution in [1.29, 1.82) is 0 Å². The molecule has 19 heteroatoms. The van der Waals surface area contributed by atoms with Crippen molar-refractivity contribution in [2.75, 3.05) is 18.6 Å². The van der Waals surface area contributed by atoms with Crippen LogP contribution in [-0.2, 0) is 38.4 Å². The maximum atomic E-state index is 13.7. The zero-order valence-electron chi connectivity index (χ0n) is 34.8. The summed E-state index contributed by atoms with van der Waals surface area (Å²) < 4.78 is 0. The van der Waals surface area contributed by atoms with Crippen LogP contribution in [0.2, 0.25) is 0 Å². The molecule has 0 spiro atoms. The van der Waals surface area contributed by atoms with Gasteiger partial charge in [0.15, 0.2) is 0 Å². The molecule has 0 aliphatic rings. The van der Waals surface area contributed by atoms with Gasteiger partial charge in [-0.05, 0) is 75.2 Å². The summed E-state index contributed by atoms with van der Waals surface area (Å²) in [5.74, 6) is -6.40. The smallest absolute Gasteiger partial charge is 0.326 e. The van der Waals surface area contributed by atoms with Crippen LogP contribution >= 0.6 is 11.8 Å². The molecule has 0 heterocycles. The summed E-state index contributed by atoms with van der Waals surface area (Å²) in [5, 5.41) is 37.9. The van der Waals surface area contributed by atoms with Crippen molar-refractivity contribution < 1.29 is 48.6 Å². The Kier molecular flexibility index (Phi) is 24.2. The molecule has 0 aromatic heterocycles. The van der Waals surface area contributed by atoms with Crippen LogP contribution in [0.5, 0.6) is 0 Å². The standard InChI is InChI=1S/C37H68N8O10S/c1-18(2)14-25(40-28(47)17-38)33(50)45-30(23(10)46)36(53)42-26(15-19(3)4)34(51)44-29(21(7)8)35(52)39-22(9)31(48)41-24(12-13-56-11)32(49)43-27(37(54)55)16-20(5)6/h18-27,29-30,46H,12-17,38H2,1-11H3,(H,39,52)(H,40,47)(H,41,48)(H,42,53)(H,43,49)(H,44,51)(H,45,50)(H,54,55)/t22-,23+,24-,25-,26-,27-,29-,30-/m0/s1. The predicted octanol–water partition coefficient (Wildman–Crippen LogP) is -0.629. The molecule has 0 rings (SSSR count). The Morgan fingerprint density at radius 1 is 0.536 bits per heavy atom. The maximum Gasteiger partial charge on any atom is 0.326 e. The SMILES string of the molecule is CSCC[C@H](NC(=O)[C@H](C)NC(=O)[C@@H](NC(=O)[C@H](CC(C)C)NC(=O)[C@@H](NC(=O)[C@H](CC(C)C)NC(=O)CN)[C@@H](C)O)C(C)C)C(=O)N[C@@H](CC(C)C)C(=O)O. The van der Waals surface area contributed by atoms with Crippen LogP contribution in [0.4, 0.5) is 0 Å². The third-order valence-corrected chi connectivity index (χ3v) is 9.16. The highest BCUT2D eigenvalue weighted by Crippen LogP contribution is 2.12. The molecule has 0 saturated carbocycles. The Labute approximate surface area is 335 Å². The molecular formula is C37H68N8O10S. The summed E-state index contributed by atoms with van der Waals surface area (Å²) in [6, 6.07) is -8.34. The van der Waals surface area contributed by atoms with Gasteiger partial charge in [-0.3, -0.25) is 33.6 Å². The van der Waals surface area contributed by atoms with Crippen molar-refractivity contribution in [2.45, 2.75) is 143 Å². The van der Waals surface area contributed by atoms with Crippen LogP contribution in [-0.4, -0.2) is 124 Å². The molecule has 0 unspecified atom stereocenters. The number of carboxylic acid groups (broad SMARTS) is 1. The summed E-state index contributed by atoms with van der Waals surface area (Å²) >= 11 is 1.43. The summed E-state index contributed by atoms with van der Waals surface area (Å²) in [5.41, 5.74) is 5.40. The van der Waals surface area contributed by atoms with E-state index in [1.807, 2.05) is 47.8 Å². The molecule has 56 heavy (non-hydrogen) atoms. The van der Waals surface area contributed by atoms with E-state index in [2.05, 4.69) is 37.2 Å².